The van der Waals surface area contributed by atoms with E-state index in [9.17, 15) is 9.59 Å². The molecule has 1 heterocycles. The van der Waals surface area contributed by atoms with E-state index in [1.165, 1.54) is 7.11 Å². The predicted molar refractivity (Wildman–Crippen MR) is 132 cm³/mol. The van der Waals surface area contributed by atoms with Crippen LogP contribution in [-0.4, -0.2) is 44.2 Å². The Hall–Kier alpha value is -3.61. The number of hydrogen-bond acceptors (Lipinski definition) is 6. The number of nitrogens with zero attached hydrogens (tertiary/aromatic N) is 1. The van der Waals surface area contributed by atoms with Crippen LogP contribution in [0.3, 0.4) is 0 Å². The van der Waals surface area contributed by atoms with Crippen molar-refractivity contribution in [1.29, 1.82) is 0 Å². The number of amides is 1. The van der Waals surface area contributed by atoms with Crippen LogP contribution in [0.15, 0.2) is 48.5 Å². The molecule has 3 aromatic rings. The number of carbonyl (C=O) groups is 2. The van der Waals surface area contributed by atoms with Gasteiger partial charge < -0.3 is 19.5 Å². The maximum atomic E-state index is 13.7. The first-order valence-corrected chi connectivity index (χ1v) is 12.0. The molecule has 0 spiro atoms. The van der Waals surface area contributed by atoms with Crippen molar-refractivity contribution >= 4 is 22.8 Å². The topological polar surface area (TPSA) is 86.8 Å². The van der Waals surface area contributed by atoms with E-state index in [4.69, 9.17) is 19.2 Å². The van der Waals surface area contributed by atoms with Gasteiger partial charge in [-0.15, -0.1) is 0 Å². The van der Waals surface area contributed by atoms with Gasteiger partial charge in [-0.3, -0.25) is 9.59 Å². The number of benzene rings is 2. The fourth-order valence-electron chi connectivity index (χ4n) is 5.87. The molecule has 0 saturated heterocycles. The van der Waals surface area contributed by atoms with Gasteiger partial charge in [0.1, 0.15) is 0 Å². The van der Waals surface area contributed by atoms with Gasteiger partial charge in [0.05, 0.1) is 44.0 Å². The maximum absolute atomic E-state index is 13.7. The van der Waals surface area contributed by atoms with Crippen LogP contribution in [0, 0.1) is 17.8 Å². The molecular weight excluding hydrogens is 444 g/mol. The van der Waals surface area contributed by atoms with Gasteiger partial charge in [0.2, 0.25) is 0 Å². The van der Waals surface area contributed by atoms with E-state index in [-0.39, 0.29) is 35.7 Å². The first-order chi connectivity index (χ1) is 17.0. The summed E-state index contributed by atoms with van der Waals surface area (Å²) in [4.78, 5) is 31.2. The molecule has 2 aromatic carbocycles. The second kappa shape index (κ2) is 9.56. The van der Waals surface area contributed by atoms with Gasteiger partial charge in [-0.1, -0.05) is 18.2 Å². The van der Waals surface area contributed by atoms with Gasteiger partial charge in [0.15, 0.2) is 11.5 Å². The highest BCUT2D eigenvalue weighted by molar-refractivity contribution is 6.07. The Morgan fingerprint density at radius 3 is 2.31 bits per heavy atom. The lowest BCUT2D eigenvalue weighted by Crippen LogP contribution is -2.56. The third-order valence-corrected chi connectivity index (χ3v) is 7.63. The Morgan fingerprint density at radius 1 is 0.886 bits per heavy atom. The molecule has 1 aromatic heterocycles. The van der Waals surface area contributed by atoms with Crippen LogP contribution in [0.4, 0.5) is 0 Å². The number of hydrogen-bond donors (Lipinski definition) is 1. The molecule has 2 bridgehead atoms. The normalized spacial score (nSPS) is 23.1. The minimum absolute atomic E-state index is 0.197. The molecule has 0 radical (unpaired) electrons. The number of rotatable bonds is 6. The van der Waals surface area contributed by atoms with Crippen molar-refractivity contribution < 1.29 is 23.8 Å². The summed E-state index contributed by atoms with van der Waals surface area (Å²) in [7, 11) is 4.60. The van der Waals surface area contributed by atoms with Gasteiger partial charge in [-0.05, 0) is 67.9 Å². The number of fused-ring (bicyclic) bond motifs is 4. The summed E-state index contributed by atoms with van der Waals surface area (Å²) in [5, 5.41) is 4.00. The van der Waals surface area contributed by atoms with E-state index in [1.807, 2.05) is 48.5 Å². The molecule has 3 aliphatic carbocycles. The van der Waals surface area contributed by atoms with Crippen LogP contribution in [0.1, 0.15) is 36.0 Å². The molecule has 1 N–H and O–H groups in total. The largest absolute Gasteiger partial charge is 0.493 e. The van der Waals surface area contributed by atoms with E-state index in [1.54, 1.807) is 14.2 Å². The highest BCUT2D eigenvalue weighted by Crippen LogP contribution is 2.46. The molecule has 0 unspecified atom stereocenters. The summed E-state index contributed by atoms with van der Waals surface area (Å²) < 4.78 is 15.9. The highest BCUT2D eigenvalue weighted by Gasteiger charge is 2.48. The molecular formula is C28H30N2O5. The van der Waals surface area contributed by atoms with Gasteiger partial charge >= 0.3 is 5.97 Å². The fourth-order valence-corrected chi connectivity index (χ4v) is 5.87. The molecule has 2 atom stereocenters. The van der Waals surface area contributed by atoms with Crippen LogP contribution in [0.25, 0.3) is 22.2 Å². The number of aromatic nitrogens is 1. The Kier molecular flexibility index (Phi) is 6.32. The Bertz CT molecular complexity index is 1270. The number of esters is 1. The molecule has 35 heavy (non-hydrogen) atoms. The fraction of sp³-hybridized carbons (Fsp3) is 0.393. The number of ether oxygens (including phenoxy) is 3. The van der Waals surface area contributed by atoms with Crippen molar-refractivity contribution in [2.24, 2.45) is 17.8 Å². The van der Waals surface area contributed by atoms with E-state index in [2.05, 4.69) is 5.32 Å². The van der Waals surface area contributed by atoms with Crippen molar-refractivity contribution in [3.05, 3.63) is 54.1 Å². The lowest BCUT2D eigenvalue weighted by molar-refractivity contribution is -0.153. The van der Waals surface area contributed by atoms with Gasteiger partial charge in [-0.2, -0.15) is 0 Å². The van der Waals surface area contributed by atoms with Crippen LogP contribution in [0.2, 0.25) is 0 Å². The predicted octanol–water partition coefficient (Wildman–Crippen LogP) is 4.63. The summed E-state index contributed by atoms with van der Waals surface area (Å²) in [6.45, 7) is 0. The minimum atomic E-state index is -0.296. The van der Waals surface area contributed by atoms with E-state index in [0.717, 1.165) is 42.1 Å². The molecule has 3 fully saturated rings. The number of carbonyl (C=O) groups excluding carboxylic acids is 2. The lowest BCUT2D eigenvalue weighted by atomic mass is 9.61. The van der Waals surface area contributed by atoms with E-state index >= 15 is 0 Å². The third kappa shape index (κ3) is 4.20. The summed E-state index contributed by atoms with van der Waals surface area (Å²) >= 11 is 0. The smallest absolute Gasteiger partial charge is 0.311 e. The quantitative estimate of drug-likeness (QED) is 0.525. The third-order valence-electron chi connectivity index (χ3n) is 7.63. The Labute approximate surface area is 204 Å². The Balaban J connectivity index is 1.54. The number of nitrogens with one attached hydrogen (secondary N) is 1. The van der Waals surface area contributed by atoms with E-state index in [0.29, 0.717) is 22.8 Å². The molecule has 182 valence electrons. The molecule has 6 rings (SSSR count). The first-order valence-electron chi connectivity index (χ1n) is 12.0. The maximum Gasteiger partial charge on any atom is 0.311 e. The van der Waals surface area contributed by atoms with Crippen molar-refractivity contribution in [3.8, 4) is 22.8 Å². The van der Waals surface area contributed by atoms with Crippen LogP contribution in [-0.2, 0) is 9.53 Å². The molecule has 7 nitrogen and oxygen atoms in total. The Morgan fingerprint density at radius 2 is 1.60 bits per heavy atom. The van der Waals surface area contributed by atoms with Crippen molar-refractivity contribution in [2.45, 2.75) is 31.7 Å². The second-order valence-electron chi connectivity index (χ2n) is 9.37. The second-order valence-corrected chi connectivity index (χ2v) is 9.37. The van der Waals surface area contributed by atoms with Gasteiger partial charge in [0, 0.05) is 17.0 Å². The highest BCUT2D eigenvalue weighted by atomic mass is 16.5. The zero-order chi connectivity index (χ0) is 24.5. The van der Waals surface area contributed by atoms with Gasteiger partial charge in [-0.25, -0.2) is 4.98 Å². The molecule has 1 amide bonds. The number of para-hydroxylation sites is 1. The summed E-state index contributed by atoms with van der Waals surface area (Å²) in [6, 6.07) is 14.8. The molecule has 0 aliphatic heterocycles. The molecule has 3 aliphatic rings. The average Bonchev–Trinajstić information content (AvgIpc) is 2.92. The van der Waals surface area contributed by atoms with Crippen molar-refractivity contribution in [1.82, 2.24) is 10.3 Å². The summed E-state index contributed by atoms with van der Waals surface area (Å²) in [6.07, 6.45) is 4.07. The molecule has 3 saturated carbocycles. The van der Waals surface area contributed by atoms with Crippen molar-refractivity contribution in [3.63, 3.8) is 0 Å². The summed E-state index contributed by atoms with van der Waals surface area (Å²) in [5.41, 5.74) is 2.72. The van der Waals surface area contributed by atoms with Crippen LogP contribution >= 0.6 is 0 Å². The zero-order valence-electron chi connectivity index (χ0n) is 20.2. The van der Waals surface area contributed by atoms with E-state index < -0.39 is 0 Å². The van der Waals surface area contributed by atoms with Gasteiger partial charge in [0.25, 0.3) is 5.91 Å². The minimum Gasteiger partial charge on any atom is -0.493 e. The zero-order valence-corrected chi connectivity index (χ0v) is 20.2. The number of methoxy groups -OCH3 is 3. The average molecular weight is 475 g/mol. The SMILES string of the molecule is COC(=O)[C@H]1C2CCC(CC2)[C@@H]1NC(=O)c1cc(-c2ccc(OC)c(OC)c2)nc2ccccc12. The lowest BCUT2D eigenvalue weighted by Gasteiger charge is -2.47. The van der Waals surface area contributed by atoms with Crippen LogP contribution in [0.5, 0.6) is 11.5 Å². The monoisotopic (exact) mass is 474 g/mol. The van der Waals surface area contributed by atoms with Crippen LogP contribution < -0.4 is 14.8 Å². The summed E-state index contributed by atoms with van der Waals surface area (Å²) in [5.74, 6) is 1.03. The van der Waals surface area contributed by atoms with Crippen molar-refractivity contribution in [2.75, 3.05) is 21.3 Å². The number of pyridine rings is 1. The molecule has 7 heteroatoms. The first kappa shape index (κ1) is 23.1. The standard InChI is InChI=1S/C28H30N2O5/c1-33-23-13-12-18(14-24(23)34-2)22-15-20(19-6-4-5-7-21(19)29-22)27(31)30-26-17-10-8-16(9-11-17)25(26)28(32)35-3/h4-7,12-17,25-26H,8-11H2,1-3H3,(H,30,31)/t16?,17?,25-,26-/m0/s1.